The number of carbonyl (C=O) groups excluding carboxylic acids is 1. The van der Waals surface area contributed by atoms with Gasteiger partial charge in [0.15, 0.2) is 17.5 Å². The molecule has 0 saturated carbocycles. The minimum Gasteiger partial charge on any atom is -0.480 e. The predicted octanol–water partition coefficient (Wildman–Crippen LogP) is 3.79. The number of aryl methyl sites for hydroxylation is 3. The van der Waals surface area contributed by atoms with Gasteiger partial charge in [-0.2, -0.15) is 0 Å². The summed E-state index contributed by atoms with van der Waals surface area (Å²) in [7, 11) is 0. The van der Waals surface area contributed by atoms with Crippen LogP contribution in [0.2, 0.25) is 10.0 Å². The Morgan fingerprint density at radius 3 is 2.38 bits per heavy atom. The molecule has 0 aromatic carbocycles. The maximum Gasteiger partial charge on any atom is 0.264 e. The first-order valence-electron chi connectivity index (χ1n) is 6.05. The van der Waals surface area contributed by atoms with Crippen LogP contribution in [0.15, 0.2) is 5.38 Å². The first-order valence-corrected chi connectivity index (χ1v) is 7.69. The lowest BCUT2D eigenvalue weighted by Crippen LogP contribution is -2.20. The van der Waals surface area contributed by atoms with E-state index in [9.17, 15) is 4.79 Å². The highest BCUT2D eigenvalue weighted by Crippen LogP contribution is 2.36. The highest BCUT2D eigenvalue weighted by atomic mass is 35.5. The van der Waals surface area contributed by atoms with Crippen LogP contribution < -0.4 is 10.1 Å². The molecule has 0 bridgehead atoms. The summed E-state index contributed by atoms with van der Waals surface area (Å²) in [4.78, 5) is 20.1. The quantitative estimate of drug-likeness (QED) is 0.915. The zero-order chi connectivity index (χ0) is 15.6. The largest absolute Gasteiger partial charge is 0.480 e. The van der Waals surface area contributed by atoms with Crippen molar-refractivity contribution in [3.05, 3.63) is 32.5 Å². The average molecular weight is 346 g/mol. The van der Waals surface area contributed by atoms with E-state index < -0.39 is 0 Å². The van der Waals surface area contributed by atoms with E-state index in [1.165, 1.54) is 11.3 Å². The molecule has 2 rings (SSSR count). The fourth-order valence-electron chi connectivity index (χ4n) is 1.61. The van der Waals surface area contributed by atoms with Crippen LogP contribution in [0.3, 0.4) is 0 Å². The lowest BCUT2D eigenvalue weighted by molar-refractivity contribution is -0.118. The van der Waals surface area contributed by atoms with Crippen LogP contribution in [-0.4, -0.2) is 22.5 Å². The maximum atomic E-state index is 11.8. The summed E-state index contributed by atoms with van der Waals surface area (Å²) in [6, 6.07) is 0. The molecule has 0 fully saturated rings. The van der Waals surface area contributed by atoms with Crippen molar-refractivity contribution >= 4 is 45.6 Å². The Hall–Kier alpha value is -1.37. The summed E-state index contributed by atoms with van der Waals surface area (Å²) in [6.45, 7) is 5.14. The minimum absolute atomic E-state index is 0.207. The molecule has 0 atom stereocenters. The van der Waals surface area contributed by atoms with Crippen molar-refractivity contribution in [2.24, 2.45) is 0 Å². The Labute approximate surface area is 136 Å². The predicted molar refractivity (Wildman–Crippen MR) is 84.7 cm³/mol. The van der Waals surface area contributed by atoms with Gasteiger partial charge in [-0.3, -0.25) is 15.1 Å². The summed E-state index contributed by atoms with van der Waals surface area (Å²) < 4.78 is 5.43. The third kappa shape index (κ3) is 3.84. The molecule has 0 radical (unpaired) electrons. The number of nitrogens with zero attached hydrogens (tertiary/aromatic N) is 2. The summed E-state index contributed by atoms with van der Waals surface area (Å²) in [6.07, 6.45) is 0. The number of amides is 1. The number of halogens is 2. The average Bonchev–Trinajstić information content (AvgIpc) is 2.82. The molecule has 2 heterocycles. The highest BCUT2D eigenvalue weighted by molar-refractivity contribution is 7.13. The van der Waals surface area contributed by atoms with Crippen LogP contribution in [-0.2, 0) is 4.79 Å². The summed E-state index contributed by atoms with van der Waals surface area (Å²) in [5, 5.41) is 5.64. The number of aromatic nitrogens is 2. The van der Waals surface area contributed by atoms with E-state index >= 15 is 0 Å². The zero-order valence-corrected chi connectivity index (χ0v) is 14.0. The van der Waals surface area contributed by atoms with Gasteiger partial charge >= 0.3 is 0 Å². The van der Waals surface area contributed by atoms with Crippen LogP contribution >= 0.6 is 34.5 Å². The third-order valence-corrected chi connectivity index (χ3v) is 4.35. The van der Waals surface area contributed by atoms with E-state index in [-0.39, 0.29) is 18.3 Å². The number of thiazole rings is 1. The van der Waals surface area contributed by atoms with Gasteiger partial charge in [0.05, 0.1) is 17.1 Å². The monoisotopic (exact) mass is 345 g/mol. The Morgan fingerprint density at radius 1 is 1.24 bits per heavy atom. The van der Waals surface area contributed by atoms with E-state index in [1.807, 2.05) is 12.3 Å². The lowest BCUT2D eigenvalue weighted by atomic mass is 10.3. The molecular weight excluding hydrogens is 333 g/mol. The van der Waals surface area contributed by atoms with Crippen LogP contribution in [0.4, 0.5) is 5.13 Å². The number of anilines is 1. The van der Waals surface area contributed by atoms with Gasteiger partial charge in [0.2, 0.25) is 0 Å². The van der Waals surface area contributed by atoms with Gasteiger partial charge in [-0.1, -0.05) is 23.2 Å². The van der Waals surface area contributed by atoms with Gasteiger partial charge in [0, 0.05) is 5.38 Å². The SMILES string of the molecule is Cc1csc(NC(=O)COc2c(Cl)c(C)nc(C)c2Cl)n1. The molecule has 8 heteroatoms. The molecule has 2 aromatic heterocycles. The number of pyridine rings is 1. The van der Waals surface area contributed by atoms with Gasteiger partial charge in [-0.05, 0) is 20.8 Å². The number of hydrogen-bond donors (Lipinski definition) is 1. The van der Waals surface area contributed by atoms with Crippen LogP contribution in [0.25, 0.3) is 0 Å². The van der Waals surface area contributed by atoms with E-state index in [4.69, 9.17) is 27.9 Å². The van der Waals surface area contributed by atoms with Crippen molar-refractivity contribution < 1.29 is 9.53 Å². The van der Waals surface area contributed by atoms with Crippen molar-refractivity contribution in [1.29, 1.82) is 0 Å². The molecule has 0 unspecified atom stereocenters. The molecule has 0 aliphatic rings. The Morgan fingerprint density at radius 2 is 1.86 bits per heavy atom. The van der Waals surface area contributed by atoms with Gasteiger partial charge < -0.3 is 4.74 Å². The smallest absolute Gasteiger partial charge is 0.264 e. The molecule has 5 nitrogen and oxygen atoms in total. The van der Waals surface area contributed by atoms with E-state index in [1.54, 1.807) is 13.8 Å². The van der Waals surface area contributed by atoms with Crippen molar-refractivity contribution in [2.75, 3.05) is 11.9 Å². The van der Waals surface area contributed by atoms with Crippen molar-refractivity contribution in [3.8, 4) is 5.75 Å². The highest BCUT2D eigenvalue weighted by Gasteiger charge is 2.16. The topological polar surface area (TPSA) is 64.1 Å². The minimum atomic E-state index is -0.330. The van der Waals surface area contributed by atoms with Gasteiger partial charge in [-0.15, -0.1) is 11.3 Å². The molecule has 0 saturated heterocycles. The first kappa shape index (κ1) is 16.0. The standard InChI is InChI=1S/C13H13Cl2N3O2S/c1-6-5-21-13(16-6)18-9(19)4-20-12-10(14)7(2)17-8(3)11(12)15/h5H,4H2,1-3H3,(H,16,18,19). The Kier molecular flexibility index (Phi) is 5.03. The van der Waals surface area contributed by atoms with E-state index in [2.05, 4.69) is 15.3 Å². The summed E-state index contributed by atoms with van der Waals surface area (Å²) in [5.74, 6) is -0.0580. The zero-order valence-electron chi connectivity index (χ0n) is 11.7. The molecule has 21 heavy (non-hydrogen) atoms. The van der Waals surface area contributed by atoms with Crippen molar-refractivity contribution in [1.82, 2.24) is 9.97 Å². The number of nitrogens with one attached hydrogen (secondary N) is 1. The second kappa shape index (κ2) is 6.60. The van der Waals surface area contributed by atoms with Crippen molar-refractivity contribution in [3.63, 3.8) is 0 Å². The Balaban J connectivity index is 2.04. The number of hydrogen-bond acceptors (Lipinski definition) is 5. The molecule has 0 aliphatic carbocycles. The second-order valence-corrected chi connectivity index (χ2v) is 5.98. The van der Waals surface area contributed by atoms with Gasteiger partial charge in [0.25, 0.3) is 5.91 Å². The molecular formula is C13H13Cl2N3O2S. The molecule has 0 aliphatic heterocycles. The molecule has 1 amide bonds. The number of rotatable bonds is 4. The number of ether oxygens (including phenoxy) is 1. The van der Waals surface area contributed by atoms with E-state index in [0.717, 1.165) is 5.69 Å². The van der Waals surface area contributed by atoms with Crippen LogP contribution in [0, 0.1) is 20.8 Å². The maximum absolute atomic E-state index is 11.8. The number of carbonyl (C=O) groups is 1. The molecule has 2 aromatic rings. The molecule has 112 valence electrons. The fourth-order valence-corrected chi connectivity index (χ4v) is 2.74. The normalized spacial score (nSPS) is 10.5. The summed E-state index contributed by atoms with van der Waals surface area (Å²) >= 11 is 13.6. The Bertz CT molecular complexity index is 662. The first-order chi connectivity index (χ1) is 9.88. The van der Waals surface area contributed by atoms with Crippen molar-refractivity contribution in [2.45, 2.75) is 20.8 Å². The summed E-state index contributed by atoms with van der Waals surface area (Å²) in [5.41, 5.74) is 2.05. The van der Waals surface area contributed by atoms with Crippen LogP contribution in [0.5, 0.6) is 5.75 Å². The molecule has 0 spiro atoms. The molecule has 1 N–H and O–H groups in total. The lowest BCUT2D eigenvalue weighted by Gasteiger charge is -2.12. The van der Waals surface area contributed by atoms with E-state index in [0.29, 0.717) is 26.6 Å². The van der Waals surface area contributed by atoms with Gasteiger partial charge in [-0.25, -0.2) is 4.98 Å². The third-order valence-electron chi connectivity index (χ3n) is 2.58. The fraction of sp³-hybridized carbons (Fsp3) is 0.308. The van der Waals surface area contributed by atoms with Gasteiger partial charge in [0.1, 0.15) is 10.0 Å². The second-order valence-electron chi connectivity index (χ2n) is 4.37. The van der Waals surface area contributed by atoms with Crippen LogP contribution in [0.1, 0.15) is 17.1 Å².